The van der Waals surface area contributed by atoms with Crippen molar-refractivity contribution < 1.29 is 14.3 Å². The molecule has 1 unspecified atom stereocenters. The quantitative estimate of drug-likeness (QED) is 0.708. The van der Waals surface area contributed by atoms with Crippen LogP contribution in [0.5, 0.6) is 0 Å². The Bertz CT molecular complexity index is 951. The van der Waals surface area contributed by atoms with Crippen molar-refractivity contribution in [2.45, 2.75) is 54.0 Å². The minimum absolute atomic E-state index is 0.0421. The summed E-state index contributed by atoms with van der Waals surface area (Å²) in [7, 11) is 0. The fraction of sp³-hybridized carbons (Fsp3) is 0.417. The number of carbonyl (C=O) groups excluding carboxylic acids is 2. The molecule has 0 saturated carbocycles. The molecule has 1 aliphatic rings. The van der Waals surface area contributed by atoms with Crippen molar-refractivity contribution in [3.63, 3.8) is 0 Å². The molecule has 5 nitrogen and oxygen atoms in total. The molecule has 154 valence electrons. The van der Waals surface area contributed by atoms with Gasteiger partial charge in [-0.3, -0.25) is 9.69 Å². The van der Waals surface area contributed by atoms with Crippen LogP contribution in [0, 0.1) is 27.7 Å². The molecule has 0 aliphatic carbocycles. The molecule has 0 bridgehead atoms. The van der Waals surface area contributed by atoms with Gasteiger partial charge < -0.3 is 9.64 Å². The number of carbonyl (C=O) groups is 2. The first-order chi connectivity index (χ1) is 13.8. The summed E-state index contributed by atoms with van der Waals surface area (Å²) in [4.78, 5) is 29.8. The highest BCUT2D eigenvalue weighted by Gasteiger charge is 2.37. The van der Waals surface area contributed by atoms with Crippen molar-refractivity contribution in [3.05, 3.63) is 58.1 Å². The summed E-state index contributed by atoms with van der Waals surface area (Å²) in [5.74, 6) is -0.0421. The van der Waals surface area contributed by atoms with E-state index in [-0.39, 0.29) is 18.0 Å². The van der Waals surface area contributed by atoms with Crippen LogP contribution in [0.4, 0.5) is 16.2 Å². The maximum atomic E-state index is 13.5. The molecule has 0 spiro atoms. The summed E-state index contributed by atoms with van der Waals surface area (Å²) < 4.78 is 5.33. The van der Waals surface area contributed by atoms with Gasteiger partial charge in [0, 0.05) is 12.1 Å². The Hall–Kier alpha value is -2.82. The molecule has 5 heteroatoms. The number of hydrogen-bond donors (Lipinski definition) is 0. The molecule has 0 fully saturated rings. The minimum Gasteiger partial charge on any atom is -0.449 e. The van der Waals surface area contributed by atoms with E-state index in [2.05, 4.69) is 0 Å². The predicted octanol–water partition coefficient (Wildman–Crippen LogP) is 5.32. The summed E-state index contributed by atoms with van der Waals surface area (Å²) in [6, 6.07) is 9.65. The van der Waals surface area contributed by atoms with E-state index in [4.69, 9.17) is 4.74 Å². The van der Waals surface area contributed by atoms with Gasteiger partial charge in [-0.1, -0.05) is 13.0 Å². The van der Waals surface area contributed by atoms with Gasteiger partial charge in [0.2, 0.25) is 0 Å². The fourth-order valence-electron chi connectivity index (χ4n) is 3.76. The van der Waals surface area contributed by atoms with Gasteiger partial charge in [-0.2, -0.15) is 0 Å². The highest BCUT2D eigenvalue weighted by Crippen LogP contribution is 2.39. The van der Waals surface area contributed by atoms with E-state index in [0.29, 0.717) is 18.7 Å². The number of fused-ring (bicyclic) bond motifs is 1. The minimum atomic E-state index is -0.359. The lowest BCUT2D eigenvalue weighted by Gasteiger charge is -2.42. The van der Waals surface area contributed by atoms with Gasteiger partial charge in [0.1, 0.15) is 0 Å². The molecule has 29 heavy (non-hydrogen) atoms. The number of anilines is 2. The predicted molar refractivity (Wildman–Crippen MR) is 117 cm³/mol. The highest BCUT2D eigenvalue weighted by atomic mass is 16.6. The third kappa shape index (κ3) is 3.86. The molecule has 3 rings (SSSR count). The molecule has 1 aliphatic heterocycles. The Morgan fingerprint density at radius 3 is 2.14 bits per heavy atom. The van der Waals surface area contributed by atoms with Crippen molar-refractivity contribution in [2.75, 3.05) is 23.0 Å². The average Bonchev–Trinajstić information content (AvgIpc) is 2.69. The van der Waals surface area contributed by atoms with Gasteiger partial charge in [0.05, 0.1) is 24.0 Å². The summed E-state index contributed by atoms with van der Waals surface area (Å²) in [6.45, 7) is 12.7. The molecular formula is C24H30N2O3. The number of benzene rings is 2. The molecule has 2 aromatic rings. The topological polar surface area (TPSA) is 49.9 Å². The second-order valence-electron chi connectivity index (χ2n) is 7.77. The summed E-state index contributed by atoms with van der Waals surface area (Å²) >= 11 is 0. The average molecular weight is 395 g/mol. The van der Waals surface area contributed by atoms with Crippen LogP contribution >= 0.6 is 0 Å². The number of ether oxygens (including phenoxy) is 1. The van der Waals surface area contributed by atoms with Crippen LogP contribution in [0.1, 0.15) is 52.9 Å². The molecule has 0 N–H and O–H groups in total. The highest BCUT2D eigenvalue weighted by molar-refractivity contribution is 6.10. The summed E-state index contributed by atoms with van der Waals surface area (Å²) in [5.41, 5.74) is 6.57. The molecular weight excluding hydrogens is 364 g/mol. The number of rotatable bonds is 3. The molecule has 2 aromatic carbocycles. The van der Waals surface area contributed by atoms with Crippen LogP contribution in [0.25, 0.3) is 0 Å². The van der Waals surface area contributed by atoms with Gasteiger partial charge in [-0.15, -0.1) is 0 Å². The third-order valence-electron chi connectivity index (χ3n) is 5.83. The first-order valence-electron chi connectivity index (χ1n) is 10.2. The molecule has 0 saturated heterocycles. The first-order valence-corrected chi connectivity index (χ1v) is 10.2. The largest absolute Gasteiger partial charge is 0.449 e. The van der Waals surface area contributed by atoms with Crippen LogP contribution in [0.15, 0.2) is 30.3 Å². The third-order valence-corrected chi connectivity index (χ3v) is 5.83. The van der Waals surface area contributed by atoms with Gasteiger partial charge >= 0.3 is 6.09 Å². The zero-order valence-corrected chi connectivity index (χ0v) is 18.2. The lowest BCUT2D eigenvalue weighted by molar-refractivity contribution is 0.0981. The van der Waals surface area contributed by atoms with E-state index in [1.54, 1.807) is 11.8 Å². The maximum absolute atomic E-state index is 13.5. The van der Waals surface area contributed by atoms with Crippen LogP contribution in [0.3, 0.4) is 0 Å². The van der Waals surface area contributed by atoms with E-state index in [1.807, 2.05) is 69.9 Å². The van der Waals surface area contributed by atoms with Crippen LogP contribution in [0.2, 0.25) is 0 Å². The van der Waals surface area contributed by atoms with E-state index in [9.17, 15) is 9.59 Å². The van der Waals surface area contributed by atoms with Crippen LogP contribution in [-0.4, -0.2) is 31.2 Å². The molecule has 1 heterocycles. The van der Waals surface area contributed by atoms with Gasteiger partial charge in [-0.25, -0.2) is 4.79 Å². The molecule has 0 radical (unpaired) electrons. The summed E-state index contributed by atoms with van der Waals surface area (Å²) in [5, 5.41) is 0. The van der Waals surface area contributed by atoms with E-state index >= 15 is 0 Å². The van der Waals surface area contributed by atoms with Crippen molar-refractivity contribution in [1.82, 2.24) is 0 Å². The van der Waals surface area contributed by atoms with Gasteiger partial charge in [0.25, 0.3) is 5.91 Å². The zero-order valence-electron chi connectivity index (χ0n) is 18.2. The Balaban J connectivity index is 2.12. The zero-order chi connectivity index (χ0) is 21.3. The molecule has 0 aromatic heterocycles. The van der Waals surface area contributed by atoms with Crippen molar-refractivity contribution in [3.8, 4) is 0 Å². The Morgan fingerprint density at radius 1 is 0.931 bits per heavy atom. The molecule has 2 amide bonds. The second-order valence-corrected chi connectivity index (χ2v) is 7.77. The van der Waals surface area contributed by atoms with E-state index in [1.165, 1.54) is 0 Å². The van der Waals surface area contributed by atoms with Crippen molar-refractivity contribution >= 4 is 23.4 Å². The number of amides is 2. The van der Waals surface area contributed by atoms with E-state index < -0.39 is 0 Å². The van der Waals surface area contributed by atoms with Crippen molar-refractivity contribution in [1.29, 1.82) is 0 Å². The SMILES string of the molecule is CCOC(=O)N1c2cc(C)c(C)cc2N(C(=O)c2ccc(C)c(C)c2)CC1CC. The molecule has 1 atom stereocenters. The number of nitrogens with zero attached hydrogens (tertiary/aromatic N) is 2. The standard InChI is InChI=1S/C24H30N2O3/c1-7-20-14-25(23(27)19-10-9-15(3)16(4)11-19)21-12-17(5)18(6)13-22(21)26(20)24(28)29-8-2/h9-13,20H,7-8,14H2,1-6H3. The number of hydrogen-bond acceptors (Lipinski definition) is 3. The second kappa shape index (κ2) is 8.27. The van der Waals surface area contributed by atoms with Crippen molar-refractivity contribution in [2.24, 2.45) is 0 Å². The monoisotopic (exact) mass is 394 g/mol. The van der Waals surface area contributed by atoms with Crippen LogP contribution < -0.4 is 9.80 Å². The normalized spacial score (nSPS) is 15.9. The lowest BCUT2D eigenvalue weighted by Crippen LogP contribution is -2.53. The maximum Gasteiger partial charge on any atom is 0.414 e. The first kappa shape index (κ1) is 20.9. The Labute approximate surface area is 173 Å². The van der Waals surface area contributed by atoms with E-state index in [0.717, 1.165) is 40.0 Å². The summed E-state index contributed by atoms with van der Waals surface area (Å²) in [6.07, 6.45) is 0.365. The van der Waals surface area contributed by atoms with Gasteiger partial charge in [0.15, 0.2) is 0 Å². The van der Waals surface area contributed by atoms with Crippen LogP contribution in [-0.2, 0) is 4.74 Å². The fourth-order valence-corrected chi connectivity index (χ4v) is 3.76. The Morgan fingerprint density at radius 2 is 1.55 bits per heavy atom. The lowest BCUT2D eigenvalue weighted by atomic mass is 9.99. The smallest absolute Gasteiger partial charge is 0.414 e. The number of aryl methyl sites for hydroxylation is 4. The van der Waals surface area contributed by atoms with Gasteiger partial charge in [-0.05, 0) is 87.6 Å². The Kier molecular flexibility index (Phi) is 5.96.